The molecular weight excluding hydrogens is 334 g/mol. The smallest absolute Gasteiger partial charge is 0.261 e. The zero-order valence-electron chi connectivity index (χ0n) is 13.8. The molecule has 0 N–H and O–H groups in total. The monoisotopic (exact) mass is 351 g/mol. The highest BCUT2D eigenvalue weighted by atomic mass is 32.1. The van der Waals surface area contributed by atoms with Crippen molar-refractivity contribution in [2.45, 2.75) is 6.54 Å². The van der Waals surface area contributed by atoms with Gasteiger partial charge in [-0.1, -0.05) is 24.3 Å². The van der Waals surface area contributed by atoms with Gasteiger partial charge in [-0.2, -0.15) is 0 Å². The third-order valence-electron chi connectivity index (χ3n) is 4.33. The van der Waals surface area contributed by atoms with E-state index in [0.717, 1.165) is 10.5 Å². The quantitative estimate of drug-likeness (QED) is 0.663. The molecule has 0 unspecified atom stereocenters. The topological polar surface area (TPSA) is 53.5 Å². The van der Waals surface area contributed by atoms with Gasteiger partial charge in [-0.3, -0.25) is 19.4 Å². The number of carbonyl (C=O) groups is 2. The molecule has 4 rings (SSSR count). The number of hydrogen-bond donors (Lipinski definition) is 0. The van der Waals surface area contributed by atoms with Crippen LogP contribution in [0.4, 0.5) is 0 Å². The average molecular weight is 351 g/mol. The van der Waals surface area contributed by atoms with Gasteiger partial charge in [0.25, 0.3) is 11.8 Å². The van der Waals surface area contributed by atoms with E-state index < -0.39 is 0 Å². The Morgan fingerprint density at radius 2 is 1.64 bits per heavy atom. The van der Waals surface area contributed by atoms with Crippen LogP contribution in [0.15, 0.2) is 48.5 Å². The van der Waals surface area contributed by atoms with Crippen LogP contribution in [0, 0.1) is 0 Å². The molecule has 25 heavy (non-hydrogen) atoms. The number of amides is 2. The van der Waals surface area contributed by atoms with E-state index in [9.17, 15) is 9.59 Å². The average Bonchev–Trinajstić information content (AvgIpc) is 3.13. The molecule has 0 atom stereocenters. The Kier molecular flexibility index (Phi) is 4.07. The van der Waals surface area contributed by atoms with E-state index in [0.29, 0.717) is 30.8 Å². The van der Waals surface area contributed by atoms with Crippen molar-refractivity contribution in [3.63, 3.8) is 0 Å². The molecule has 0 aliphatic carbocycles. The molecular formula is C19H17N3O2S. The van der Waals surface area contributed by atoms with Crippen LogP contribution in [0.3, 0.4) is 0 Å². The van der Waals surface area contributed by atoms with Crippen LogP contribution in [0.5, 0.6) is 0 Å². The molecule has 1 aromatic heterocycles. The lowest BCUT2D eigenvalue weighted by Crippen LogP contribution is -2.36. The predicted molar refractivity (Wildman–Crippen MR) is 97.8 cm³/mol. The highest BCUT2D eigenvalue weighted by Gasteiger charge is 2.34. The number of para-hydroxylation sites is 1. The number of likely N-dealkylation sites (N-methyl/N-ethyl adjacent to an activating group) is 1. The lowest BCUT2D eigenvalue weighted by molar-refractivity contribution is 0.0640. The summed E-state index contributed by atoms with van der Waals surface area (Å²) in [5.41, 5.74) is 2.01. The van der Waals surface area contributed by atoms with Crippen molar-refractivity contribution in [3.05, 3.63) is 64.7 Å². The Hall–Kier alpha value is -2.57. The van der Waals surface area contributed by atoms with Gasteiger partial charge in [0.05, 0.1) is 27.9 Å². The lowest BCUT2D eigenvalue weighted by Gasteiger charge is -2.19. The van der Waals surface area contributed by atoms with Gasteiger partial charge in [0, 0.05) is 13.1 Å². The van der Waals surface area contributed by atoms with Crippen LogP contribution in [-0.2, 0) is 6.54 Å². The van der Waals surface area contributed by atoms with E-state index in [-0.39, 0.29) is 11.8 Å². The molecule has 0 saturated heterocycles. The molecule has 0 spiro atoms. The van der Waals surface area contributed by atoms with Crippen molar-refractivity contribution in [1.29, 1.82) is 0 Å². The highest BCUT2D eigenvalue weighted by molar-refractivity contribution is 7.18. The lowest BCUT2D eigenvalue weighted by atomic mass is 10.1. The van der Waals surface area contributed by atoms with Gasteiger partial charge in [-0.05, 0) is 31.3 Å². The van der Waals surface area contributed by atoms with Crippen molar-refractivity contribution in [2.24, 2.45) is 0 Å². The number of benzene rings is 2. The first-order chi connectivity index (χ1) is 12.1. The maximum absolute atomic E-state index is 12.4. The summed E-state index contributed by atoms with van der Waals surface area (Å²) in [7, 11) is 1.98. The summed E-state index contributed by atoms with van der Waals surface area (Å²) >= 11 is 1.67. The molecule has 6 heteroatoms. The fraction of sp³-hybridized carbons (Fsp3) is 0.211. The molecule has 2 heterocycles. The van der Waals surface area contributed by atoms with E-state index >= 15 is 0 Å². The second-order valence-corrected chi connectivity index (χ2v) is 7.24. The Bertz CT molecular complexity index is 898. The van der Waals surface area contributed by atoms with Gasteiger partial charge < -0.3 is 0 Å². The molecule has 2 aromatic carbocycles. The minimum Gasteiger partial charge on any atom is -0.298 e. The Balaban J connectivity index is 1.40. The first-order valence-corrected chi connectivity index (χ1v) is 8.93. The molecule has 1 aliphatic heterocycles. The molecule has 0 bridgehead atoms. The summed E-state index contributed by atoms with van der Waals surface area (Å²) in [4.78, 5) is 32.8. The van der Waals surface area contributed by atoms with Gasteiger partial charge in [0.1, 0.15) is 5.01 Å². The van der Waals surface area contributed by atoms with Crippen LogP contribution in [0.25, 0.3) is 10.2 Å². The molecule has 3 aromatic rings. The summed E-state index contributed by atoms with van der Waals surface area (Å²) in [5.74, 6) is -0.400. The largest absolute Gasteiger partial charge is 0.298 e. The maximum Gasteiger partial charge on any atom is 0.261 e. The Morgan fingerprint density at radius 1 is 1.00 bits per heavy atom. The number of thiazole rings is 1. The number of fused-ring (bicyclic) bond motifs is 2. The summed E-state index contributed by atoms with van der Waals surface area (Å²) in [6, 6.07) is 15.1. The van der Waals surface area contributed by atoms with Gasteiger partial charge >= 0.3 is 0 Å². The van der Waals surface area contributed by atoms with Gasteiger partial charge in [-0.15, -0.1) is 11.3 Å². The third-order valence-corrected chi connectivity index (χ3v) is 5.35. The van der Waals surface area contributed by atoms with Crippen LogP contribution in [0.2, 0.25) is 0 Å². The van der Waals surface area contributed by atoms with Crippen LogP contribution in [-0.4, -0.2) is 46.7 Å². The summed E-state index contributed by atoms with van der Waals surface area (Å²) < 4.78 is 1.17. The molecule has 0 saturated carbocycles. The molecule has 1 aliphatic rings. The normalized spacial score (nSPS) is 13.9. The third kappa shape index (κ3) is 2.94. The molecule has 5 nitrogen and oxygen atoms in total. The predicted octanol–water partition coefficient (Wildman–Crippen LogP) is 3.02. The van der Waals surface area contributed by atoms with Crippen molar-refractivity contribution < 1.29 is 9.59 Å². The van der Waals surface area contributed by atoms with E-state index in [4.69, 9.17) is 0 Å². The summed E-state index contributed by atoms with van der Waals surface area (Å²) in [6.45, 7) is 1.69. The second-order valence-electron chi connectivity index (χ2n) is 6.12. The standard InChI is InChI=1S/C19H17N3O2S/c1-21(12-17-20-15-8-4-5-9-16(15)25-17)10-11-22-18(23)13-6-2-3-7-14(13)19(22)24/h2-9H,10-12H2,1H3. The Labute approximate surface area is 149 Å². The second kappa shape index (κ2) is 6.38. The van der Waals surface area contributed by atoms with E-state index in [2.05, 4.69) is 16.0 Å². The summed E-state index contributed by atoms with van der Waals surface area (Å²) in [5, 5.41) is 1.03. The Morgan fingerprint density at radius 3 is 2.32 bits per heavy atom. The molecule has 126 valence electrons. The maximum atomic E-state index is 12.4. The number of imide groups is 1. The van der Waals surface area contributed by atoms with Crippen LogP contribution in [0.1, 0.15) is 25.7 Å². The van der Waals surface area contributed by atoms with E-state index in [1.54, 1.807) is 35.6 Å². The number of hydrogen-bond acceptors (Lipinski definition) is 5. The van der Waals surface area contributed by atoms with Crippen molar-refractivity contribution in [2.75, 3.05) is 20.1 Å². The number of rotatable bonds is 5. The first-order valence-electron chi connectivity index (χ1n) is 8.12. The fourth-order valence-electron chi connectivity index (χ4n) is 3.01. The highest BCUT2D eigenvalue weighted by Crippen LogP contribution is 2.23. The SMILES string of the molecule is CN(CCN1C(=O)c2ccccc2C1=O)Cc1nc2ccccc2s1. The van der Waals surface area contributed by atoms with Crippen molar-refractivity contribution >= 4 is 33.4 Å². The molecule has 2 amide bonds. The fourth-order valence-corrected chi connectivity index (χ4v) is 4.06. The van der Waals surface area contributed by atoms with Crippen molar-refractivity contribution in [1.82, 2.24) is 14.8 Å². The summed E-state index contributed by atoms with van der Waals surface area (Å²) in [6.07, 6.45) is 0. The minimum atomic E-state index is -0.200. The molecule has 0 radical (unpaired) electrons. The first kappa shape index (κ1) is 15.9. The van der Waals surface area contributed by atoms with Crippen LogP contribution < -0.4 is 0 Å². The zero-order valence-corrected chi connectivity index (χ0v) is 14.6. The minimum absolute atomic E-state index is 0.200. The van der Waals surface area contributed by atoms with Crippen molar-refractivity contribution in [3.8, 4) is 0 Å². The van der Waals surface area contributed by atoms with Gasteiger partial charge in [-0.25, -0.2) is 4.98 Å². The van der Waals surface area contributed by atoms with Gasteiger partial charge in [0.2, 0.25) is 0 Å². The number of aromatic nitrogens is 1. The van der Waals surface area contributed by atoms with E-state index in [1.807, 2.05) is 25.2 Å². The number of nitrogens with zero attached hydrogens (tertiary/aromatic N) is 3. The number of carbonyl (C=O) groups excluding carboxylic acids is 2. The molecule has 0 fully saturated rings. The van der Waals surface area contributed by atoms with Crippen LogP contribution >= 0.6 is 11.3 Å². The zero-order chi connectivity index (χ0) is 17.4. The van der Waals surface area contributed by atoms with Gasteiger partial charge in [0.15, 0.2) is 0 Å². The van der Waals surface area contributed by atoms with E-state index in [1.165, 1.54) is 9.60 Å².